The van der Waals surface area contributed by atoms with Crippen LogP contribution in [-0.2, 0) is 9.59 Å². The summed E-state index contributed by atoms with van der Waals surface area (Å²) in [6.45, 7) is 1.55. The van der Waals surface area contributed by atoms with Crippen LogP contribution in [0.2, 0.25) is 0 Å². The van der Waals surface area contributed by atoms with Crippen LogP contribution in [0.1, 0.15) is 25.7 Å². The van der Waals surface area contributed by atoms with Gasteiger partial charge in [0.25, 0.3) is 0 Å². The van der Waals surface area contributed by atoms with Gasteiger partial charge in [-0.2, -0.15) is 0 Å². The van der Waals surface area contributed by atoms with Crippen LogP contribution in [0.5, 0.6) is 0 Å². The molecular weight excluding hydrogens is 405 g/mol. The zero-order valence-electron chi connectivity index (χ0n) is 16.5. The lowest BCUT2D eigenvalue weighted by Crippen LogP contribution is -2.41. The number of carbonyl (C=O) groups excluding carboxylic acids is 2. The Hall–Kier alpha value is -2.68. The monoisotopic (exact) mass is 429 g/mol. The van der Waals surface area contributed by atoms with Gasteiger partial charge in [0.05, 0.1) is 11.4 Å². The van der Waals surface area contributed by atoms with E-state index >= 15 is 0 Å². The van der Waals surface area contributed by atoms with Gasteiger partial charge in [0.15, 0.2) is 5.82 Å². The van der Waals surface area contributed by atoms with Gasteiger partial charge in [-0.3, -0.25) is 9.59 Å². The van der Waals surface area contributed by atoms with Crippen LogP contribution in [-0.4, -0.2) is 46.9 Å². The third-order valence-corrected chi connectivity index (χ3v) is 6.16. The molecule has 1 saturated heterocycles. The Bertz CT molecular complexity index is 899. The normalized spacial score (nSPS) is 16.9. The average molecular weight is 430 g/mol. The molecule has 0 spiro atoms. The van der Waals surface area contributed by atoms with Gasteiger partial charge >= 0.3 is 0 Å². The molecule has 2 aliphatic rings. The molecule has 1 aromatic carbocycles. The molecule has 0 radical (unpaired) electrons. The van der Waals surface area contributed by atoms with Gasteiger partial charge in [0, 0.05) is 25.0 Å². The number of piperidine rings is 1. The zero-order chi connectivity index (χ0) is 20.9. The maximum Gasteiger partial charge on any atom is 0.234 e. The van der Waals surface area contributed by atoms with Crippen LogP contribution in [0.3, 0.4) is 0 Å². The SMILES string of the molecule is O=C(CSc1ccc(N2CCC(C(=O)NC3CC3)CC2)nn1)Nc1ccccc1F. The highest BCUT2D eigenvalue weighted by Gasteiger charge is 2.30. The molecule has 0 atom stereocenters. The number of hydrogen-bond donors (Lipinski definition) is 2. The number of halogens is 1. The molecule has 1 aliphatic carbocycles. The Kier molecular flexibility index (Phi) is 6.47. The third kappa shape index (κ3) is 5.47. The molecule has 0 bridgehead atoms. The van der Waals surface area contributed by atoms with Crippen LogP contribution in [0, 0.1) is 11.7 Å². The fourth-order valence-electron chi connectivity index (χ4n) is 3.36. The predicted molar refractivity (Wildman–Crippen MR) is 114 cm³/mol. The van der Waals surface area contributed by atoms with Gasteiger partial charge in [-0.05, 0) is 49.9 Å². The molecule has 2 fully saturated rings. The highest BCUT2D eigenvalue weighted by atomic mass is 32.2. The Morgan fingerprint density at radius 3 is 2.50 bits per heavy atom. The molecule has 2 aromatic rings. The fourth-order valence-corrected chi connectivity index (χ4v) is 3.98. The summed E-state index contributed by atoms with van der Waals surface area (Å²) in [7, 11) is 0. The molecule has 2 N–H and O–H groups in total. The maximum absolute atomic E-state index is 13.6. The number of anilines is 2. The molecule has 1 saturated carbocycles. The Labute approximate surface area is 178 Å². The van der Waals surface area contributed by atoms with Crippen LogP contribution in [0.4, 0.5) is 15.9 Å². The number of benzene rings is 1. The van der Waals surface area contributed by atoms with Crippen molar-refractivity contribution in [2.45, 2.75) is 36.8 Å². The highest BCUT2D eigenvalue weighted by molar-refractivity contribution is 7.99. The Morgan fingerprint density at radius 2 is 1.83 bits per heavy atom. The summed E-state index contributed by atoms with van der Waals surface area (Å²) in [6, 6.07) is 10.2. The van der Waals surface area contributed by atoms with Crippen molar-refractivity contribution in [1.29, 1.82) is 0 Å². The number of amides is 2. The molecule has 158 valence electrons. The summed E-state index contributed by atoms with van der Waals surface area (Å²) in [6.07, 6.45) is 3.84. The summed E-state index contributed by atoms with van der Waals surface area (Å²) in [5, 5.41) is 14.7. The van der Waals surface area contributed by atoms with E-state index in [0.717, 1.165) is 44.6 Å². The number of aromatic nitrogens is 2. The van der Waals surface area contributed by atoms with Crippen molar-refractivity contribution in [3.8, 4) is 0 Å². The predicted octanol–water partition coefficient (Wildman–Crippen LogP) is 2.84. The van der Waals surface area contributed by atoms with Gasteiger partial charge < -0.3 is 15.5 Å². The second-order valence-corrected chi connectivity index (χ2v) is 8.59. The fraction of sp³-hybridized carbons (Fsp3) is 0.429. The van der Waals surface area contributed by atoms with E-state index in [1.54, 1.807) is 12.1 Å². The minimum atomic E-state index is -0.464. The summed E-state index contributed by atoms with van der Waals surface area (Å²) in [5.74, 6) is 0.387. The van der Waals surface area contributed by atoms with Gasteiger partial charge in [0.1, 0.15) is 10.8 Å². The van der Waals surface area contributed by atoms with E-state index in [1.165, 1.54) is 23.9 Å². The number of thioether (sulfide) groups is 1. The van der Waals surface area contributed by atoms with Crippen LogP contribution in [0.15, 0.2) is 41.4 Å². The Balaban J connectivity index is 1.23. The molecule has 1 aromatic heterocycles. The number of para-hydroxylation sites is 1. The minimum absolute atomic E-state index is 0.0811. The molecule has 0 unspecified atom stereocenters. The Morgan fingerprint density at radius 1 is 1.07 bits per heavy atom. The smallest absolute Gasteiger partial charge is 0.234 e. The first-order valence-electron chi connectivity index (χ1n) is 10.1. The standard InChI is InChI=1S/C21H24FN5O2S/c22-16-3-1-2-4-17(16)24-19(28)13-30-20-8-7-18(25-26-20)27-11-9-14(10-12-27)21(29)23-15-5-6-15/h1-4,7-8,14-15H,5-6,9-13H2,(H,23,29)(H,24,28). The third-order valence-electron chi connectivity index (χ3n) is 5.24. The first kappa shape index (κ1) is 20.6. The van der Waals surface area contributed by atoms with Crippen molar-refractivity contribution in [2.24, 2.45) is 5.92 Å². The van der Waals surface area contributed by atoms with Crippen molar-refractivity contribution in [1.82, 2.24) is 15.5 Å². The van der Waals surface area contributed by atoms with E-state index in [1.807, 2.05) is 12.1 Å². The van der Waals surface area contributed by atoms with Gasteiger partial charge in [-0.25, -0.2) is 4.39 Å². The van der Waals surface area contributed by atoms with Crippen LogP contribution in [0.25, 0.3) is 0 Å². The zero-order valence-corrected chi connectivity index (χ0v) is 17.3. The van der Waals surface area contributed by atoms with E-state index in [0.29, 0.717) is 11.1 Å². The number of nitrogens with zero attached hydrogens (tertiary/aromatic N) is 3. The lowest BCUT2D eigenvalue weighted by atomic mass is 9.96. The molecule has 2 heterocycles. The number of rotatable bonds is 7. The van der Waals surface area contributed by atoms with Crippen LogP contribution >= 0.6 is 11.8 Å². The largest absolute Gasteiger partial charge is 0.355 e. The van der Waals surface area contributed by atoms with E-state index < -0.39 is 5.82 Å². The second-order valence-electron chi connectivity index (χ2n) is 7.59. The molecule has 2 amide bonds. The van der Waals surface area contributed by atoms with E-state index in [4.69, 9.17) is 0 Å². The number of carbonyl (C=O) groups is 2. The molecule has 9 heteroatoms. The number of nitrogens with one attached hydrogen (secondary N) is 2. The van der Waals surface area contributed by atoms with Crippen molar-refractivity contribution in [3.05, 3.63) is 42.2 Å². The average Bonchev–Trinajstić information content (AvgIpc) is 3.58. The second kappa shape index (κ2) is 9.42. The first-order valence-corrected chi connectivity index (χ1v) is 11.1. The summed E-state index contributed by atoms with van der Waals surface area (Å²) in [4.78, 5) is 26.3. The lowest BCUT2D eigenvalue weighted by Gasteiger charge is -2.31. The summed E-state index contributed by atoms with van der Waals surface area (Å²) in [5.41, 5.74) is 0.166. The molecular formula is C21H24FN5O2S. The summed E-state index contributed by atoms with van der Waals surface area (Å²) < 4.78 is 13.6. The molecule has 30 heavy (non-hydrogen) atoms. The van der Waals surface area contributed by atoms with Crippen LogP contribution < -0.4 is 15.5 Å². The van der Waals surface area contributed by atoms with Crippen molar-refractivity contribution < 1.29 is 14.0 Å². The summed E-state index contributed by atoms with van der Waals surface area (Å²) >= 11 is 1.25. The van der Waals surface area contributed by atoms with E-state index in [-0.39, 0.29) is 29.2 Å². The topological polar surface area (TPSA) is 87.2 Å². The first-order chi connectivity index (χ1) is 14.6. The van der Waals surface area contributed by atoms with Crippen molar-refractivity contribution in [2.75, 3.05) is 29.1 Å². The van der Waals surface area contributed by atoms with Gasteiger partial charge in [-0.1, -0.05) is 23.9 Å². The van der Waals surface area contributed by atoms with E-state index in [9.17, 15) is 14.0 Å². The number of hydrogen-bond acceptors (Lipinski definition) is 6. The minimum Gasteiger partial charge on any atom is -0.355 e. The van der Waals surface area contributed by atoms with E-state index in [2.05, 4.69) is 25.7 Å². The highest BCUT2D eigenvalue weighted by Crippen LogP contribution is 2.25. The van der Waals surface area contributed by atoms with Gasteiger partial charge in [-0.15, -0.1) is 10.2 Å². The molecule has 1 aliphatic heterocycles. The molecule has 7 nitrogen and oxygen atoms in total. The van der Waals surface area contributed by atoms with Crippen molar-refractivity contribution in [3.63, 3.8) is 0 Å². The maximum atomic E-state index is 13.6. The quantitative estimate of drug-likeness (QED) is 0.658. The van der Waals surface area contributed by atoms with Crippen molar-refractivity contribution >= 4 is 35.1 Å². The lowest BCUT2D eigenvalue weighted by molar-refractivity contribution is -0.125. The molecule has 4 rings (SSSR count). The van der Waals surface area contributed by atoms with Gasteiger partial charge in [0.2, 0.25) is 11.8 Å².